The number of hydrogen-bond donors (Lipinski definition) is 0. The molecule has 0 aromatic carbocycles. The van der Waals surface area contributed by atoms with Crippen LogP contribution in [0.1, 0.15) is 311 Å². The highest BCUT2D eigenvalue weighted by Gasteiger charge is 2.64. The Hall–Kier alpha value is -0.0800. The highest BCUT2D eigenvalue weighted by molar-refractivity contribution is 5.15. The van der Waals surface area contributed by atoms with E-state index in [1.807, 2.05) is 0 Å². The molecular weight excluding hydrogens is 905 g/mol. The molecule has 2 nitrogen and oxygen atoms in total. The van der Waals surface area contributed by atoms with Crippen LogP contribution in [0.2, 0.25) is 0 Å². The minimum atomic E-state index is 0.547. The van der Waals surface area contributed by atoms with Gasteiger partial charge in [-0.05, 0) is 278 Å². The summed E-state index contributed by atoms with van der Waals surface area (Å²) in [6.07, 6.45) is 65.1. The van der Waals surface area contributed by atoms with E-state index >= 15 is 0 Å². The average Bonchev–Trinajstić information content (AvgIpc) is 3.95. The second kappa shape index (κ2) is 22.6. The standard InChI is InChI=1S/C73H124N2/c1-7-43-73(44-8-2)69-47-57(74(53-31-27-51(28-32-53)49-19-11-9-12-20-49)54-33-29-52(30-34-54)50-21-13-10-14-22-50)37-41-63(69)64-42-38-58(48-70(64)73)75(55-35-39-61-59-23-15-17-25-65(59)71(3,4)67(61)45-55)56-36-40-62-60-24-16-18-26-66(60)72(5,6)68(62)46-56/h49-70H,7-48H2,1-6H3. The van der Waals surface area contributed by atoms with Gasteiger partial charge in [0, 0.05) is 36.3 Å². The van der Waals surface area contributed by atoms with Crippen molar-refractivity contribution in [1.29, 1.82) is 0 Å². The third-order valence-electron chi connectivity index (χ3n) is 30.2. The van der Waals surface area contributed by atoms with Crippen molar-refractivity contribution in [2.45, 2.75) is 347 Å². The van der Waals surface area contributed by atoms with Gasteiger partial charge in [-0.2, -0.15) is 0 Å². The smallest absolute Gasteiger partial charge is 0.0104 e. The number of hydrogen-bond acceptors (Lipinski definition) is 2. The van der Waals surface area contributed by atoms with Gasteiger partial charge in [-0.1, -0.05) is 144 Å². The summed E-state index contributed by atoms with van der Waals surface area (Å²) in [5.74, 6) is 16.5. The Labute approximate surface area is 465 Å². The molecule has 0 aromatic heterocycles. The third-order valence-corrected chi connectivity index (χ3v) is 30.2. The van der Waals surface area contributed by atoms with Crippen LogP contribution in [-0.4, -0.2) is 46.1 Å². The largest absolute Gasteiger partial charge is 0.294 e. The van der Waals surface area contributed by atoms with E-state index in [2.05, 4.69) is 51.3 Å². The van der Waals surface area contributed by atoms with Crippen LogP contribution in [0.3, 0.4) is 0 Å². The predicted octanol–water partition coefficient (Wildman–Crippen LogP) is 20.3. The fourth-order valence-corrected chi connectivity index (χ4v) is 27.4. The maximum atomic E-state index is 3.57. The van der Waals surface area contributed by atoms with Crippen LogP contribution in [-0.2, 0) is 0 Å². The van der Waals surface area contributed by atoms with E-state index in [1.165, 1.54) is 77.0 Å². The van der Waals surface area contributed by atoms with E-state index in [0.717, 1.165) is 131 Å². The summed E-state index contributed by atoms with van der Waals surface area (Å²) in [7, 11) is 0. The normalized spacial score (nSPS) is 47.8. The summed E-state index contributed by atoms with van der Waals surface area (Å²) in [6.45, 7) is 16.6. The van der Waals surface area contributed by atoms with E-state index in [1.54, 1.807) is 193 Å². The van der Waals surface area contributed by atoms with Crippen molar-refractivity contribution < 1.29 is 0 Å². The third kappa shape index (κ3) is 9.76. The van der Waals surface area contributed by atoms with E-state index < -0.39 is 0 Å². The molecule has 13 aliphatic carbocycles. The van der Waals surface area contributed by atoms with Crippen molar-refractivity contribution in [3.8, 4) is 0 Å². The van der Waals surface area contributed by atoms with Gasteiger partial charge in [0.05, 0.1) is 0 Å². The molecule has 16 unspecified atom stereocenters. The van der Waals surface area contributed by atoms with Gasteiger partial charge in [-0.3, -0.25) is 9.80 Å². The molecule has 2 heteroatoms. The maximum absolute atomic E-state index is 3.57. The van der Waals surface area contributed by atoms with Crippen LogP contribution in [0.4, 0.5) is 0 Å². The molecule has 426 valence electrons. The van der Waals surface area contributed by atoms with E-state index in [0.29, 0.717) is 16.2 Å². The SMILES string of the molecule is CCCC1(CCC)C2CC(N(C3CCC(C4CCCCC4)CC3)C3CCC(C4CCCCC4)CC3)CCC2C2CCC(N(C3CCC4C5CCCCC5C(C)(C)C4C3)C3CCC4C5CCCCC5C(C)(C)C4C3)CC21. The predicted molar refractivity (Wildman–Crippen MR) is 318 cm³/mol. The lowest BCUT2D eigenvalue weighted by atomic mass is 9.59. The first-order valence-corrected chi connectivity index (χ1v) is 36.1. The van der Waals surface area contributed by atoms with Crippen LogP contribution < -0.4 is 0 Å². The van der Waals surface area contributed by atoms with Crippen molar-refractivity contribution in [2.24, 2.45) is 111 Å². The van der Waals surface area contributed by atoms with Crippen molar-refractivity contribution in [1.82, 2.24) is 9.80 Å². The Morgan fingerprint density at radius 3 is 0.920 bits per heavy atom. The summed E-state index contributed by atoms with van der Waals surface area (Å²) in [6, 6.07) is 5.23. The quantitative estimate of drug-likeness (QED) is 0.192. The number of rotatable bonds is 12. The molecule has 16 atom stereocenters. The topological polar surface area (TPSA) is 6.48 Å². The maximum Gasteiger partial charge on any atom is 0.0104 e. The first kappa shape index (κ1) is 54.2. The zero-order valence-electron chi connectivity index (χ0n) is 50.8. The van der Waals surface area contributed by atoms with Crippen LogP contribution in [0, 0.1) is 111 Å². The molecule has 0 aliphatic heterocycles. The van der Waals surface area contributed by atoms with Gasteiger partial charge in [0.25, 0.3) is 0 Å². The molecular formula is C73H124N2. The molecule has 13 rings (SSSR count). The lowest BCUT2D eigenvalue weighted by molar-refractivity contribution is -0.0559. The summed E-state index contributed by atoms with van der Waals surface area (Å²) in [5.41, 5.74) is 1.68. The molecule has 0 spiro atoms. The van der Waals surface area contributed by atoms with E-state index in [-0.39, 0.29) is 0 Å². The number of nitrogens with zero attached hydrogens (tertiary/aromatic N) is 2. The summed E-state index contributed by atoms with van der Waals surface area (Å²) < 4.78 is 0. The minimum Gasteiger partial charge on any atom is -0.294 e. The summed E-state index contributed by atoms with van der Waals surface area (Å²) in [5, 5.41) is 0. The average molecular weight is 1030 g/mol. The Morgan fingerprint density at radius 2 is 0.547 bits per heavy atom. The molecule has 0 heterocycles. The van der Waals surface area contributed by atoms with Crippen molar-refractivity contribution in [2.75, 3.05) is 0 Å². The molecule has 0 N–H and O–H groups in total. The highest BCUT2D eigenvalue weighted by atomic mass is 15.2. The Kier molecular flexibility index (Phi) is 16.3. The summed E-state index contributed by atoms with van der Waals surface area (Å²) >= 11 is 0. The summed E-state index contributed by atoms with van der Waals surface area (Å²) in [4.78, 5) is 7.05. The van der Waals surface area contributed by atoms with Crippen LogP contribution >= 0.6 is 0 Å². The van der Waals surface area contributed by atoms with Gasteiger partial charge < -0.3 is 0 Å². The first-order chi connectivity index (χ1) is 36.6. The second-order valence-corrected chi connectivity index (χ2v) is 33.3. The molecule has 13 saturated carbocycles. The zero-order valence-corrected chi connectivity index (χ0v) is 50.8. The second-order valence-electron chi connectivity index (χ2n) is 33.3. The van der Waals surface area contributed by atoms with Crippen LogP contribution in [0.15, 0.2) is 0 Å². The number of fused-ring (bicyclic) bond motifs is 9. The first-order valence-electron chi connectivity index (χ1n) is 36.1. The highest BCUT2D eigenvalue weighted by Crippen LogP contribution is 2.70. The molecule has 75 heavy (non-hydrogen) atoms. The molecule has 0 aromatic rings. The lowest BCUT2D eigenvalue weighted by Crippen LogP contribution is -2.56. The molecule has 0 radical (unpaired) electrons. The minimum absolute atomic E-state index is 0.547. The molecule has 0 bridgehead atoms. The van der Waals surface area contributed by atoms with Gasteiger partial charge in [0.2, 0.25) is 0 Å². The van der Waals surface area contributed by atoms with Crippen LogP contribution in [0.5, 0.6) is 0 Å². The van der Waals surface area contributed by atoms with Gasteiger partial charge in [0.1, 0.15) is 0 Å². The van der Waals surface area contributed by atoms with Crippen molar-refractivity contribution >= 4 is 0 Å². The molecule has 13 fully saturated rings. The Balaban J connectivity index is 0.784. The van der Waals surface area contributed by atoms with Gasteiger partial charge in [0.15, 0.2) is 0 Å². The fraction of sp³-hybridized carbons (Fsp3) is 1.00. The zero-order chi connectivity index (χ0) is 51.1. The lowest BCUT2D eigenvalue weighted by Gasteiger charge is -2.55. The monoisotopic (exact) mass is 1030 g/mol. The van der Waals surface area contributed by atoms with E-state index in [9.17, 15) is 0 Å². The van der Waals surface area contributed by atoms with Gasteiger partial charge in [-0.25, -0.2) is 0 Å². The fourth-order valence-electron chi connectivity index (χ4n) is 27.4. The van der Waals surface area contributed by atoms with Gasteiger partial charge in [-0.15, -0.1) is 0 Å². The van der Waals surface area contributed by atoms with Crippen molar-refractivity contribution in [3.63, 3.8) is 0 Å². The molecule has 0 saturated heterocycles. The van der Waals surface area contributed by atoms with Gasteiger partial charge >= 0.3 is 0 Å². The van der Waals surface area contributed by atoms with Crippen molar-refractivity contribution in [3.05, 3.63) is 0 Å². The van der Waals surface area contributed by atoms with E-state index in [4.69, 9.17) is 0 Å². The van der Waals surface area contributed by atoms with Crippen LogP contribution in [0.25, 0.3) is 0 Å². The Bertz CT molecular complexity index is 1730. The Morgan fingerprint density at radius 1 is 0.267 bits per heavy atom. The molecule has 0 amide bonds. The molecule has 13 aliphatic rings.